The summed E-state index contributed by atoms with van der Waals surface area (Å²) < 4.78 is 0.875. The zero-order valence-electron chi connectivity index (χ0n) is 11.6. The second kappa shape index (κ2) is 6.85. The summed E-state index contributed by atoms with van der Waals surface area (Å²) in [6, 6.07) is 2.36. The van der Waals surface area contributed by atoms with Gasteiger partial charge in [0.1, 0.15) is 5.82 Å². The summed E-state index contributed by atoms with van der Waals surface area (Å²) in [7, 11) is 0. The number of nitrogens with one attached hydrogen (secondary N) is 1. The lowest BCUT2D eigenvalue weighted by atomic mass is 10.1. The van der Waals surface area contributed by atoms with Gasteiger partial charge in [-0.2, -0.15) is 15.0 Å². The highest BCUT2D eigenvalue weighted by atomic mass is 35.5. The maximum absolute atomic E-state index is 6.12. The molecule has 0 amide bonds. The van der Waals surface area contributed by atoms with Gasteiger partial charge < -0.3 is 11.1 Å². The standard InChI is InChI=1S/C13H18ClN5S/c1-3-10(5-4-9-6-7-20-11(9)14)18-13-17-8(2)16-12(15)19-13/h6-7,10H,3-5H2,1-2H3,(H3,15,16,17,18,19). The third-order valence-electron chi connectivity index (χ3n) is 3.05. The van der Waals surface area contributed by atoms with Gasteiger partial charge in [-0.15, -0.1) is 11.3 Å². The zero-order valence-corrected chi connectivity index (χ0v) is 13.1. The molecule has 0 aliphatic heterocycles. The van der Waals surface area contributed by atoms with E-state index in [-0.39, 0.29) is 12.0 Å². The number of anilines is 2. The number of nitrogens with zero attached hydrogens (tertiary/aromatic N) is 3. The molecular formula is C13H18ClN5S. The molecule has 0 fully saturated rings. The summed E-state index contributed by atoms with van der Waals surface area (Å²) in [5.74, 6) is 1.41. The Morgan fingerprint density at radius 2 is 2.20 bits per heavy atom. The van der Waals surface area contributed by atoms with Crippen molar-refractivity contribution in [2.75, 3.05) is 11.1 Å². The summed E-state index contributed by atoms with van der Waals surface area (Å²) in [5.41, 5.74) is 6.83. The molecule has 2 heterocycles. The molecule has 2 aromatic heterocycles. The second-order valence-corrected chi connectivity index (χ2v) is 6.09. The van der Waals surface area contributed by atoms with Crippen LogP contribution in [-0.4, -0.2) is 21.0 Å². The van der Waals surface area contributed by atoms with Crippen LogP contribution >= 0.6 is 22.9 Å². The molecule has 20 heavy (non-hydrogen) atoms. The van der Waals surface area contributed by atoms with Crippen molar-refractivity contribution in [3.63, 3.8) is 0 Å². The summed E-state index contributed by atoms with van der Waals surface area (Å²) in [4.78, 5) is 12.3. The Morgan fingerprint density at radius 3 is 2.80 bits per heavy atom. The molecule has 3 N–H and O–H groups in total. The Bertz CT molecular complexity index is 551. The van der Waals surface area contributed by atoms with E-state index >= 15 is 0 Å². The minimum Gasteiger partial charge on any atom is -0.368 e. The molecule has 2 aromatic rings. The number of aromatic nitrogens is 3. The molecule has 0 saturated carbocycles. The third-order valence-corrected chi connectivity index (χ3v) is 4.30. The smallest absolute Gasteiger partial charge is 0.227 e. The number of rotatable bonds is 6. The van der Waals surface area contributed by atoms with Crippen LogP contribution in [0.5, 0.6) is 0 Å². The average Bonchev–Trinajstić information content (AvgIpc) is 2.79. The molecule has 2 rings (SSSR count). The van der Waals surface area contributed by atoms with Gasteiger partial charge in [-0.1, -0.05) is 18.5 Å². The fourth-order valence-electron chi connectivity index (χ4n) is 1.96. The van der Waals surface area contributed by atoms with Crippen molar-refractivity contribution < 1.29 is 0 Å². The Hall–Kier alpha value is -1.40. The lowest BCUT2D eigenvalue weighted by Gasteiger charge is -2.17. The normalized spacial score (nSPS) is 12.3. The molecule has 7 heteroatoms. The van der Waals surface area contributed by atoms with Crippen molar-refractivity contribution in [1.29, 1.82) is 0 Å². The van der Waals surface area contributed by atoms with E-state index in [0.29, 0.717) is 11.8 Å². The van der Waals surface area contributed by atoms with Crippen LogP contribution in [0.1, 0.15) is 31.2 Å². The fraction of sp³-hybridized carbons (Fsp3) is 0.462. The number of nitrogens with two attached hydrogens (primary N) is 1. The lowest BCUT2D eigenvalue weighted by molar-refractivity contribution is 0.627. The predicted octanol–water partition coefficient (Wildman–Crippen LogP) is 3.30. The number of halogens is 1. The first-order valence-electron chi connectivity index (χ1n) is 6.55. The van der Waals surface area contributed by atoms with Crippen LogP contribution < -0.4 is 11.1 Å². The van der Waals surface area contributed by atoms with Gasteiger partial charge in [0, 0.05) is 6.04 Å². The largest absolute Gasteiger partial charge is 0.368 e. The van der Waals surface area contributed by atoms with Crippen LogP contribution in [0.25, 0.3) is 0 Å². The van der Waals surface area contributed by atoms with Crippen LogP contribution in [0, 0.1) is 6.92 Å². The van der Waals surface area contributed by atoms with Gasteiger partial charge in [-0.05, 0) is 43.2 Å². The highest BCUT2D eigenvalue weighted by Gasteiger charge is 2.11. The van der Waals surface area contributed by atoms with Crippen molar-refractivity contribution in [3.8, 4) is 0 Å². The molecule has 1 unspecified atom stereocenters. The molecule has 108 valence electrons. The van der Waals surface area contributed by atoms with Gasteiger partial charge in [0.15, 0.2) is 0 Å². The van der Waals surface area contributed by atoms with Crippen LogP contribution in [0.3, 0.4) is 0 Å². The Morgan fingerprint density at radius 1 is 1.40 bits per heavy atom. The molecule has 0 spiro atoms. The predicted molar refractivity (Wildman–Crippen MR) is 84.3 cm³/mol. The molecule has 5 nitrogen and oxygen atoms in total. The van der Waals surface area contributed by atoms with Crippen molar-refractivity contribution in [2.24, 2.45) is 0 Å². The van der Waals surface area contributed by atoms with Crippen LogP contribution in [0.15, 0.2) is 11.4 Å². The molecule has 0 bridgehead atoms. The first-order chi connectivity index (χ1) is 9.58. The first kappa shape index (κ1) is 15.0. The van der Waals surface area contributed by atoms with E-state index in [4.69, 9.17) is 17.3 Å². The van der Waals surface area contributed by atoms with Crippen molar-refractivity contribution in [2.45, 2.75) is 39.2 Å². The molecule has 1 atom stereocenters. The highest BCUT2D eigenvalue weighted by Crippen LogP contribution is 2.24. The maximum Gasteiger partial charge on any atom is 0.227 e. The number of nitrogen functional groups attached to an aromatic ring is 1. The van der Waals surface area contributed by atoms with Crippen molar-refractivity contribution in [1.82, 2.24) is 15.0 Å². The van der Waals surface area contributed by atoms with E-state index in [2.05, 4.69) is 33.3 Å². The Labute approximate surface area is 127 Å². The van der Waals surface area contributed by atoms with Crippen LogP contribution in [0.2, 0.25) is 4.34 Å². The summed E-state index contributed by atoms with van der Waals surface area (Å²) in [6.45, 7) is 3.93. The van der Waals surface area contributed by atoms with E-state index in [9.17, 15) is 0 Å². The molecule has 0 aliphatic rings. The fourth-order valence-corrected chi connectivity index (χ4v) is 2.94. The SMILES string of the molecule is CCC(CCc1ccsc1Cl)Nc1nc(C)nc(N)n1. The molecule has 0 aliphatic carbocycles. The van der Waals surface area contributed by atoms with Gasteiger partial charge in [-0.3, -0.25) is 0 Å². The molecule has 0 aromatic carbocycles. The first-order valence-corrected chi connectivity index (χ1v) is 7.80. The van der Waals surface area contributed by atoms with Gasteiger partial charge in [0.2, 0.25) is 11.9 Å². The number of aryl methyl sites for hydroxylation is 2. The average molecular weight is 312 g/mol. The van der Waals surface area contributed by atoms with Gasteiger partial charge >= 0.3 is 0 Å². The number of hydrogen-bond acceptors (Lipinski definition) is 6. The Balaban J connectivity index is 1.96. The topological polar surface area (TPSA) is 76.7 Å². The van der Waals surface area contributed by atoms with Gasteiger partial charge in [0.25, 0.3) is 0 Å². The van der Waals surface area contributed by atoms with E-state index in [0.717, 1.165) is 23.6 Å². The van der Waals surface area contributed by atoms with E-state index in [1.54, 1.807) is 18.3 Å². The van der Waals surface area contributed by atoms with Crippen molar-refractivity contribution in [3.05, 3.63) is 27.2 Å². The maximum atomic E-state index is 6.12. The van der Waals surface area contributed by atoms with E-state index in [1.165, 1.54) is 5.56 Å². The lowest BCUT2D eigenvalue weighted by Crippen LogP contribution is -2.21. The van der Waals surface area contributed by atoms with Crippen LogP contribution in [-0.2, 0) is 6.42 Å². The quantitative estimate of drug-likeness (QED) is 0.856. The summed E-state index contributed by atoms with van der Waals surface area (Å²) >= 11 is 7.68. The molecular weight excluding hydrogens is 294 g/mol. The minimum absolute atomic E-state index is 0.246. The minimum atomic E-state index is 0.246. The van der Waals surface area contributed by atoms with Gasteiger partial charge in [0.05, 0.1) is 4.34 Å². The molecule has 0 saturated heterocycles. The highest BCUT2D eigenvalue weighted by molar-refractivity contribution is 7.14. The summed E-state index contributed by atoms with van der Waals surface area (Å²) in [5, 5.41) is 5.33. The van der Waals surface area contributed by atoms with Crippen LogP contribution in [0.4, 0.5) is 11.9 Å². The third kappa shape index (κ3) is 4.05. The van der Waals surface area contributed by atoms with E-state index in [1.807, 2.05) is 5.38 Å². The monoisotopic (exact) mass is 311 g/mol. The second-order valence-electron chi connectivity index (χ2n) is 4.57. The van der Waals surface area contributed by atoms with E-state index < -0.39 is 0 Å². The zero-order chi connectivity index (χ0) is 14.5. The molecule has 0 radical (unpaired) electrons. The number of hydrogen-bond donors (Lipinski definition) is 2. The summed E-state index contributed by atoms with van der Waals surface area (Å²) in [6.07, 6.45) is 2.89. The Kier molecular flexibility index (Phi) is 5.14. The van der Waals surface area contributed by atoms with Crippen molar-refractivity contribution >= 4 is 34.8 Å². The van der Waals surface area contributed by atoms with Gasteiger partial charge in [-0.25, -0.2) is 0 Å². The number of thiophene rings is 1.